The van der Waals surface area contributed by atoms with Crippen LogP contribution in [0.2, 0.25) is 0 Å². The zero-order valence-corrected chi connectivity index (χ0v) is 14.1. The van der Waals surface area contributed by atoms with Gasteiger partial charge in [-0.3, -0.25) is 4.79 Å². The van der Waals surface area contributed by atoms with Gasteiger partial charge in [0.25, 0.3) is 0 Å². The number of cyclic esters (lactones) is 1. The van der Waals surface area contributed by atoms with Gasteiger partial charge in [0.15, 0.2) is 0 Å². The van der Waals surface area contributed by atoms with Gasteiger partial charge < -0.3 is 4.74 Å². The van der Waals surface area contributed by atoms with E-state index in [0.29, 0.717) is 5.56 Å². The molecule has 1 heterocycles. The summed E-state index contributed by atoms with van der Waals surface area (Å²) in [4.78, 5) is 12.2. The second-order valence-electron chi connectivity index (χ2n) is 6.49. The Bertz CT molecular complexity index is 530. The molecule has 1 aliphatic rings. The molecule has 0 radical (unpaired) electrons. The first kappa shape index (κ1) is 17.5. The van der Waals surface area contributed by atoms with E-state index >= 15 is 0 Å². The highest BCUT2D eigenvalue weighted by atomic mass is 16.5. The Morgan fingerprint density at radius 2 is 1.78 bits per heavy atom. The molecule has 23 heavy (non-hydrogen) atoms. The first-order valence-electron chi connectivity index (χ1n) is 8.95. The Morgan fingerprint density at radius 3 is 2.43 bits per heavy atom. The number of esters is 1. The van der Waals surface area contributed by atoms with Crippen molar-refractivity contribution in [2.75, 3.05) is 0 Å². The predicted octanol–water partition coefficient (Wildman–Crippen LogP) is 5.30. The lowest BCUT2D eigenvalue weighted by molar-refractivity contribution is -0.161. The van der Waals surface area contributed by atoms with Crippen molar-refractivity contribution in [2.45, 2.75) is 70.8 Å². The molecule has 3 heteroatoms. The Labute approximate surface area is 139 Å². The van der Waals surface area contributed by atoms with Crippen molar-refractivity contribution >= 4 is 5.97 Å². The van der Waals surface area contributed by atoms with Gasteiger partial charge in [-0.1, -0.05) is 57.6 Å². The molecular formula is C20H27NO2. The normalized spacial score (nSPS) is 20.8. The topological polar surface area (TPSA) is 50.1 Å². The van der Waals surface area contributed by atoms with Crippen LogP contribution >= 0.6 is 0 Å². The summed E-state index contributed by atoms with van der Waals surface area (Å²) >= 11 is 0. The lowest BCUT2D eigenvalue weighted by Crippen LogP contribution is -2.26. The van der Waals surface area contributed by atoms with E-state index in [-0.39, 0.29) is 18.0 Å². The summed E-state index contributed by atoms with van der Waals surface area (Å²) < 4.78 is 5.63. The van der Waals surface area contributed by atoms with Crippen molar-refractivity contribution < 1.29 is 9.53 Å². The highest BCUT2D eigenvalue weighted by Crippen LogP contribution is 2.33. The minimum absolute atomic E-state index is 0.0424. The number of carbonyl (C=O) groups is 1. The maximum absolute atomic E-state index is 12.2. The number of hydrogen-bond acceptors (Lipinski definition) is 3. The van der Waals surface area contributed by atoms with Crippen LogP contribution in [0.3, 0.4) is 0 Å². The molecule has 2 atom stereocenters. The number of carbonyl (C=O) groups excluding carboxylic acids is 1. The molecule has 0 amide bonds. The van der Waals surface area contributed by atoms with Gasteiger partial charge >= 0.3 is 5.97 Å². The summed E-state index contributed by atoms with van der Waals surface area (Å²) in [5, 5.41) is 8.83. The van der Waals surface area contributed by atoms with Crippen LogP contribution in [0.4, 0.5) is 0 Å². The first-order valence-corrected chi connectivity index (χ1v) is 8.95. The fraction of sp³-hybridized carbons (Fsp3) is 0.600. The van der Waals surface area contributed by atoms with Crippen LogP contribution in [-0.4, -0.2) is 5.97 Å². The number of rotatable bonds is 8. The Hall–Kier alpha value is -1.82. The molecule has 0 N–H and O–H groups in total. The number of unbranched alkanes of at least 4 members (excludes halogenated alkanes) is 5. The van der Waals surface area contributed by atoms with Crippen LogP contribution < -0.4 is 0 Å². The van der Waals surface area contributed by atoms with E-state index in [1.807, 2.05) is 12.1 Å². The molecule has 124 valence electrons. The molecule has 3 nitrogen and oxygen atoms in total. The SMILES string of the molecule is CCCCCCCCC1CCC(c2ccc(C#N)cc2)OC1=O. The molecule has 2 unspecified atom stereocenters. The standard InChI is InChI=1S/C20H27NO2/c1-2-3-4-5-6-7-8-18-13-14-19(23-20(18)22)17-11-9-16(15-21)10-12-17/h9-12,18-19H,2-8,13-14H2,1H3. The molecule has 1 saturated heterocycles. The zero-order valence-electron chi connectivity index (χ0n) is 14.1. The van der Waals surface area contributed by atoms with Crippen molar-refractivity contribution in [3.8, 4) is 6.07 Å². The number of nitrogens with zero attached hydrogens (tertiary/aromatic N) is 1. The highest BCUT2D eigenvalue weighted by molar-refractivity contribution is 5.73. The molecular weight excluding hydrogens is 286 g/mol. The van der Waals surface area contributed by atoms with E-state index in [4.69, 9.17) is 10.00 Å². The molecule has 0 aliphatic carbocycles. The van der Waals surface area contributed by atoms with Gasteiger partial charge in [0.2, 0.25) is 0 Å². The van der Waals surface area contributed by atoms with Crippen molar-refractivity contribution in [2.24, 2.45) is 5.92 Å². The van der Waals surface area contributed by atoms with E-state index < -0.39 is 0 Å². The summed E-state index contributed by atoms with van der Waals surface area (Å²) in [7, 11) is 0. The number of hydrogen-bond donors (Lipinski definition) is 0. The summed E-state index contributed by atoms with van der Waals surface area (Å²) in [6.45, 7) is 2.22. The average Bonchev–Trinajstić information content (AvgIpc) is 2.59. The van der Waals surface area contributed by atoms with Gasteiger partial charge in [-0.25, -0.2) is 0 Å². The van der Waals surface area contributed by atoms with Crippen LogP contribution in [0.25, 0.3) is 0 Å². The van der Waals surface area contributed by atoms with Gasteiger partial charge in [0.1, 0.15) is 6.10 Å². The largest absolute Gasteiger partial charge is 0.457 e. The average molecular weight is 313 g/mol. The fourth-order valence-electron chi connectivity index (χ4n) is 3.21. The molecule has 0 saturated carbocycles. The highest BCUT2D eigenvalue weighted by Gasteiger charge is 2.30. The molecule has 0 spiro atoms. The first-order chi connectivity index (χ1) is 11.2. The smallest absolute Gasteiger partial charge is 0.309 e. The molecule has 0 bridgehead atoms. The summed E-state index contributed by atoms with van der Waals surface area (Å²) in [6.07, 6.45) is 10.2. The van der Waals surface area contributed by atoms with Gasteiger partial charge in [-0.15, -0.1) is 0 Å². The maximum Gasteiger partial charge on any atom is 0.309 e. The van der Waals surface area contributed by atoms with Gasteiger partial charge in [0.05, 0.1) is 17.6 Å². The van der Waals surface area contributed by atoms with E-state index in [1.54, 1.807) is 12.1 Å². The minimum Gasteiger partial charge on any atom is -0.457 e. The lowest BCUT2D eigenvalue weighted by atomic mass is 9.90. The third-order valence-corrected chi connectivity index (χ3v) is 4.69. The van der Waals surface area contributed by atoms with E-state index in [2.05, 4.69) is 13.0 Å². The summed E-state index contributed by atoms with van der Waals surface area (Å²) in [5.74, 6) is 0.0370. The van der Waals surface area contributed by atoms with Crippen molar-refractivity contribution in [1.29, 1.82) is 5.26 Å². The number of nitriles is 1. The van der Waals surface area contributed by atoms with Gasteiger partial charge in [-0.2, -0.15) is 5.26 Å². The van der Waals surface area contributed by atoms with Crippen molar-refractivity contribution in [1.82, 2.24) is 0 Å². The van der Waals surface area contributed by atoms with Crippen LogP contribution in [0.15, 0.2) is 24.3 Å². The van der Waals surface area contributed by atoms with Crippen LogP contribution in [-0.2, 0) is 9.53 Å². The third-order valence-electron chi connectivity index (χ3n) is 4.69. The minimum atomic E-state index is -0.143. The van der Waals surface area contributed by atoms with Crippen molar-refractivity contribution in [3.63, 3.8) is 0 Å². The Kier molecular flexibility index (Phi) is 7.13. The van der Waals surface area contributed by atoms with Crippen molar-refractivity contribution in [3.05, 3.63) is 35.4 Å². The zero-order chi connectivity index (χ0) is 16.5. The molecule has 2 rings (SSSR count). The molecule has 1 aromatic carbocycles. The van der Waals surface area contributed by atoms with Gasteiger partial charge in [0, 0.05) is 0 Å². The summed E-state index contributed by atoms with van der Waals surface area (Å²) in [6, 6.07) is 9.46. The van der Waals surface area contributed by atoms with E-state index in [0.717, 1.165) is 31.2 Å². The van der Waals surface area contributed by atoms with Crippen LogP contribution in [0.1, 0.15) is 81.9 Å². The van der Waals surface area contributed by atoms with E-state index in [1.165, 1.54) is 32.1 Å². The summed E-state index contributed by atoms with van der Waals surface area (Å²) in [5.41, 5.74) is 1.63. The Balaban J connectivity index is 1.74. The number of benzene rings is 1. The quantitative estimate of drug-likeness (QED) is 0.483. The Morgan fingerprint density at radius 1 is 1.09 bits per heavy atom. The number of ether oxygens (including phenoxy) is 1. The molecule has 0 aromatic heterocycles. The monoisotopic (exact) mass is 313 g/mol. The van der Waals surface area contributed by atoms with Gasteiger partial charge in [-0.05, 0) is 37.0 Å². The molecule has 1 fully saturated rings. The van der Waals surface area contributed by atoms with Crippen LogP contribution in [0.5, 0.6) is 0 Å². The second kappa shape index (κ2) is 9.35. The maximum atomic E-state index is 12.2. The molecule has 1 aliphatic heterocycles. The van der Waals surface area contributed by atoms with E-state index in [9.17, 15) is 4.79 Å². The van der Waals surface area contributed by atoms with Crippen LogP contribution in [0, 0.1) is 17.2 Å². The predicted molar refractivity (Wildman–Crippen MR) is 90.7 cm³/mol. The molecule has 1 aromatic rings. The third kappa shape index (κ3) is 5.39. The fourth-order valence-corrected chi connectivity index (χ4v) is 3.21. The lowest BCUT2D eigenvalue weighted by Gasteiger charge is -2.28. The second-order valence-corrected chi connectivity index (χ2v) is 6.49.